The molecule has 11 heteroatoms. The van der Waals surface area contributed by atoms with Crippen LogP contribution in [0.15, 0.2) is 52.8 Å². The second-order valence-electron chi connectivity index (χ2n) is 7.03. The van der Waals surface area contributed by atoms with Crippen LogP contribution in [0.2, 0.25) is 5.02 Å². The fraction of sp³-hybridized carbons (Fsp3) is 0.286. The van der Waals surface area contributed by atoms with Crippen LogP contribution in [0.5, 0.6) is 11.5 Å². The van der Waals surface area contributed by atoms with Gasteiger partial charge in [-0.2, -0.15) is 5.11 Å². The molecule has 2 aromatic rings. The van der Waals surface area contributed by atoms with Crippen LogP contribution in [-0.2, 0) is 14.4 Å². The zero-order valence-corrected chi connectivity index (χ0v) is 18.1. The molecule has 0 radical (unpaired) electrons. The third-order valence-electron chi connectivity index (χ3n) is 5.01. The Labute approximate surface area is 188 Å². The number of imide groups is 1. The van der Waals surface area contributed by atoms with Gasteiger partial charge in [-0.1, -0.05) is 16.8 Å². The van der Waals surface area contributed by atoms with E-state index in [-0.39, 0.29) is 11.6 Å². The number of hydrogen-bond acceptors (Lipinski definition) is 8. The van der Waals surface area contributed by atoms with Crippen molar-refractivity contribution in [2.75, 3.05) is 30.5 Å². The minimum absolute atomic E-state index is 0.242. The second-order valence-corrected chi connectivity index (χ2v) is 7.44. The lowest BCUT2D eigenvalue weighted by Gasteiger charge is -2.20. The molecule has 4 rings (SSSR count). The molecule has 32 heavy (non-hydrogen) atoms. The van der Waals surface area contributed by atoms with Crippen molar-refractivity contribution >= 4 is 40.7 Å². The Kier molecular flexibility index (Phi) is 5.95. The highest BCUT2D eigenvalue weighted by Crippen LogP contribution is 2.35. The van der Waals surface area contributed by atoms with E-state index in [1.807, 2.05) is 6.92 Å². The summed E-state index contributed by atoms with van der Waals surface area (Å²) in [5.41, 5.74) is 0.864. The van der Waals surface area contributed by atoms with Gasteiger partial charge in [-0.05, 0) is 49.4 Å². The van der Waals surface area contributed by atoms with Crippen molar-refractivity contribution in [2.45, 2.75) is 19.0 Å². The minimum atomic E-state index is -1.01. The number of rotatable bonds is 7. The van der Waals surface area contributed by atoms with E-state index in [1.54, 1.807) is 36.4 Å². The number of carbonyl (C=O) groups is 3. The van der Waals surface area contributed by atoms with Gasteiger partial charge in [0.1, 0.15) is 18.0 Å². The Hall–Kier alpha value is -3.66. The lowest BCUT2D eigenvalue weighted by molar-refractivity contribution is -0.123. The van der Waals surface area contributed by atoms with Gasteiger partial charge in [0.2, 0.25) is 5.91 Å². The van der Waals surface area contributed by atoms with Gasteiger partial charge < -0.3 is 14.8 Å². The maximum atomic E-state index is 13.0. The van der Waals surface area contributed by atoms with E-state index < -0.39 is 29.8 Å². The minimum Gasteiger partial charge on any atom is -0.495 e. The van der Waals surface area contributed by atoms with Crippen molar-refractivity contribution in [2.24, 2.45) is 10.3 Å². The van der Waals surface area contributed by atoms with Gasteiger partial charge in [-0.15, -0.1) is 0 Å². The molecule has 166 valence electrons. The summed E-state index contributed by atoms with van der Waals surface area (Å²) in [6.07, 6.45) is 0. The zero-order chi connectivity index (χ0) is 22.8. The Morgan fingerprint density at radius 3 is 2.56 bits per heavy atom. The molecular weight excluding hydrogens is 438 g/mol. The van der Waals surface area contributed by atoms with Crippen LogP contribution in [0.1, 0.15) is 6.92 Å². The quantitative estimate of drug-likeness (QED) is 0.639. The van der Waals surface area contributed by atoms with Crippen LogP contribution in [0, 0.1) is 0 Å². The smallest absolute Gasteiger partial charge is 0.263 e. The first-order valence-electron chi connectivity index (χ1n) is 9.84. The van der Waals surface area contributed by atoms with E-state index in [0.29, 0.717) is 29.5 Å². The van der Waals surface area contributed by atoms with E-state index in [0.717, 1.165) is 4.90 Å². The van der Waals surface area contributed by atoms with Gasteiger partial charge in [-0.3, -0.25) is 19.4 Å². The van der Waals surface area contributed by atoms with Crippen LogP contribution < -0.4 is 19.7 Å². The van der Waals surface area contributed by atoms with E-state index in [4.69, 9.17) is 21.1 Å². The molecule has 0 bridgehead atoms. The SMILES string of the molecule is CCOc1ccc(NC(=O)CN2N=N[C@H]3C(=O)N(c4ccc(OC)c(Cl)c4)C(=O)[C@@H]32)cc1. The summed E-state index contributed by atoms with van der Waals surface area (Å²) in [7, 11) is 1.47. The first-order chi connectivity index (χ1) is 15.4. The van der Waals surface area contributed by atoms with Crippen molar-refractivity contribution in [3.05, 3.63) is 47.5 Å². The molecule has 2 aromatic carbocycles. The number of fused-ring (bicyclic) bond motifs is 1. The van der Waals surface area contributed by atoms with Crippen molar-refractivity contribution in [1.82, 2.24) is 5.01 Å². The molecule has 2 aliphatic rings. The third kappa shape index (κ3) is 3.96. The van der Waals surface area contributed by atoms with Crippen molar-refractivity contribution in [3.63, 3.8) is 0 Å². The molecule has 0 saturated carbocycles. The van der Waals surface area contributed by atoms with Gasteiger partial charge in [-0.25, -0.2) is 4.90 Å². The highest BCUT2D eigenvalue weighted by Gasteiger charge is 2.55. The molecule has 0 spiro atoms. The lowest BCUT2D eigenvalue weighted by Crippen LogP contribution is -2.43. The summed E-state index contributed by atoms with van der Waals surface area (Å²) in [4.78, 5) is 39.4. The fourth-order valence-corrected chi connectivity index (χ4v) is 3.80. The maximum absolute atomic E-state index is 13.0. The van der Waals surface area contributed by atoms with Crippen LogP contribution in [0.3, 0.4) is 0 Å². The van der Waals surface area contributed by atoms with Gasteiger partial charge in [0, 0.05) is 5.69 Å². The number of nitrogens with zero attached hydrogens (tertiary/aromatic N) is 4. The number of carbonyl (C=O) groups excluding carboxylic acids is 3. The van der Waals surface area contributed by atoms with Crippen molar-refractivity contribution < 1.29 is 23.9 Å². The number of hydrogen-bond donors (Lipinski definition) is 1. The van der Waals surface area contributed by atoms with Gasteiger partial charge in [0.15, 0.2) is 12.1 Å². The largest absolute Gasteiger partial charge is 0.495 e. The number of nitrogens with one attached hydrogen (secondary N) is 1. The second kappa shape index (κ2) is 8.83. The lowest BCUT2D eigenvalue weighted by atomic mass is 10.1. The molecule has 1 N–H and O–H groups in total. The predicted octanol–water partition coefficient (Wildman–Crippen LogP) is 2.68. The monoisotopic (exact) mass is 457 g/mol. The maximum Gasteiger partial charge on any atom is 0.263 e. The van der Waals surface area contributed by atoms with E-state index in [1.165, 1.54) is 18.2 Å². The van der Waals surface area contributed by atoms with Crippen molar-refractivity contribution in [3.8, 4) is 11.5 Å². The Morgan fingerprint density at radius 1 is 1.16 bits per heavy atom. The highest BCUT2D eigenvalue weighted by atomic mass is 35.5. The van der Waals surface area contributed by atoms with Gasteiger partial charge >= 0.3 is 0 Å². The molecule has 1 fully saturated rings. The van der Waals surface area contributed by atoms with Crippen LogP contribution in [0.4, 0.5) is 11.4 Å². The number of halogens is 1. The summed E-state index contributed by atoms with van der Waals surface area (Å²) in [6.45, 7) is 2.18. The van der Waals surface area contributed by atoms with Gasteiger partial charge in [0.05, 0.1) is 24.4 Å². The zero-order valence-electron chi connectivity index (χ0n) is 17.3. The molecule has 0 unspecified atom stereocenters. The first kappa shape index (κ1) is 21.6. The summed E-state index contributed by atoms with van der Waals surface area (Å²) < 4.78 is 10.5. The van der Waals surface area contributed by atoms with Gasteiger partial charge in [0.25, 0.3) is 11.8 Å². The summed E-state index contributed by atoms with van der Waals surface area (Å²) in [5, 5.41) is 12.0. The number of methoxy groups -OCH3 is 1. The molecule has 0 aromatic heterocycles. The van der Waals surface area contributed by atoms with Crippen molar-refractivity contribution in [1.29, 1.82) is 0 Å². The van der Waals surface area contributed by atoms with Crippen LogP contribution in [0.25, 0.3) is 0 Å². The predicted molar refractivity (Wildman–Crippen MR) is 116 cm³/mol. The molecule has 1 saturated heterocycles. The molecule has 10 nitrogen and oxygen atoms in total. The molecule has 2 atom stereocenters. The van der Waals surface area contributed by atoms with Crippen LogP contribution >= 0.6 is 11.6 Å². The highest BCUT2D eigenvalue weighted by molar-refractivity contribution is 6.33. The number of amides is 3. The average Bonchev–Trinajstić information content (AvgIpc) is 3.29. The average molecular weight is 458 g/mol. The summed E-state index contributed by atoms with van der Waals surface area (Å²) >= 11 is 6.14. The Bertz CT molecular complexity index is 1090. The Balaban J connectivity index is 1.45. The van der Waals surface area contributed by atoms with Crippen LogP contribution in [-0.4, -0.2) is 55.1 Å². The van der Waals surface area contributed by atoms with E-state index in [9.17, 15) is 14.4 Å². The summed E-state index contributed by atoms with van der Waals surface area (Å²) in [6, 6.07) is 9.47. The molecule has 2 heterocycles. The first-order valence-corrected chi connectivity index (χ1v) is 10.2. The number of anilines is 2. The Morgan fingerprint density at radius 2 is 1.91 bits per heavy atom. The normalized spacial score (nSPS) is 19.3. The molecule has 0 aliphatic carbocycles. The fourth-order valence-electron chi connectivity index (χ4n) is 3.55. The van der Waals surface area contributed by atoms with E-state index in [2.05, 4.69) is 15.7 Å². The number of ether oxygens (including phenoxy) is 2. The third-order valence-corrected chi connectivity index (χ3v) is 5.30. The molecule has 2 aliphatic heterocycles. The number of benzene rings is 2. The topological polar surface area (TPSA) is 113 Å². The molecular formula is C21H20ClN5O5. The summed E-state index contributed by atoms with van der Waals surface area (Å²) in [5.74, 6) is -0.350. The van der Waals surface area contributed by atoms with E-state index >= 15 is 0 Å². The standard InChI is InChI=1S/C21H20ClN5O5/c1-3-32-14-7-4-12(5-8-14)23-17(28)11-26-19-18(24-25-26)20(29)27(21(19)30)13-6-9-16(31-2)15(22)10-13/h4-10,18-19H,3,11H2,1-2H3,(H,23,28)/t18-,19-/m1/s1. The molecule has 3 amide bonds.